The third kappa shape index (κ3) is 5.85. The van der Waals surface area contributed by atoms with Crippen molar-refractivity contribution in [2.45, 2.75) is 53.0 Å². The lowest BCUT2D eigenvalue weighted by Gasteiger charge is -2.27. The van der Waals surface area contributed by atoms with E-state index in [1.807, 2.05) is 0 Å². The van der Waals surface area contributed by atoms with Gasteiger partial charge in [0.25, 0.3) is 0 Å². The van der Waals surface area contributed by atoms with Gasteiger partial charge in [-0.2, -0.15) is 0 Å². The number of aryl methyl sites for hydroxylation is 1. The number of nitrogens with zero attached hydrogens (tertiary/aromatic N) is 1. The summed E-state index contributed by atoms with van der Waals surface area (Å²) in [5.41, 5.74) is 2.36. The van der Waals surface area contributed by atoms with Crippen molar-refractivity contribution < 1.29 is 13.7 Å². The molecule has 0 bridgehead atoms. The van der Waals surface area contributed by atoms with Crippen molar-refractivity contribution >= 4 is 17.5 Å². The van der Waals surface area contributed by atoms with E-state index in [2.05, 4.69) is 31.2 Å². The van der Waals surface area contributed by atoms with E-state index < -0.39 is 0 Å². The van der Waals surface area contributed by atoms with Crippen LogP contribution < -0.4 is 5.32 Å². The largest absolute Gasteiger partial charge is 0.349 e. The predicted molar refractivity (Wildman–Crippen MR) is 95.9 cm³/mol. The van der Waals surface area contributed by atoms with Gasteiger partial charge in [-0.05, 0) is 54.5 Å². The number of rotatable bonds is 6. The number of carbonyl (C=O) groups excluding carboxylic acids is 1. The Balaban J connectivity index is 2.05. The molecule has 1 atom stereocenters. The highest BCUT2D eigenvalue weighted by Gasteiger charge is 2.22. The van der Waals surface area contributed by atoms with Crippen LogP contribution in [0.5, 0.6) is 0 Å². The molecular formula is C19H24ClFN2O2. The number of halogens is 2. The topological polar surface area (TPSA) is 55.1 Å². The molecule has 1 aromatic carbocycles. The Kier molecular flexibility index (Phi) is 6.22. The summed E-state index contributed by atoms with van der Waals surface area (Å²) < 4.78 is 18.1. The zero-order valence-corrected chi connectivity index (χ0v) is 15.8. The Morgan fingerprint density at radius 2 is 1.96 bits per heavy atom. The van der Waals surface area contributed by atoms with Gasteiger partial charge in [0.15, 0.2) is 0 Å². The molecule has 1 unspecified atom stereocenters. The molecule has 0 spiro atoms. The lowest BCUT2D eigenvalue weighted by atomic mass is 9.85. The van der Waals surface area contributed by atoms with Gasteiger partial charge in [-0.15, -0.1) is 0 Å². The zero-order valence-electron chi connectivity index (χ0n) is 15.0. The number of hydrogen-bond donors (Lipinski definition) is 1. The van der Waals surface area contributed by atoms with Crippen molar-refractivity contribution in [1.82, 2.24) is 10.5 Å². The minimum absolute atomic E-state index is 0.0146. The van der Waals surface area contributed by atoms with Crippen LogP contribution in [0.15, 0.2) is 28.8 Å². The molecule has 1 amide bonds. The van der Waals surface area contributed by atoms with Gasteiger partial charge in [-0.1, -0.05) is 38.1 Å². The molecular weight excluding hydrogens is 343 g/mol. The van der Waals surface area contributed by atoms with E-state index in [0.717, 1.165) is 17.5 Å². The van der Waals surface area contributed by atoms with Crippen molar-refractivity contribution in [3.63, 3.8) is 0 Å². The molecule has 2 rings (SSSR count). The number of benzene rings is 1. The molecule has 1 heterocycles. The molecule has 136 valence electrons. The van der Waals surface area contributed by atoms with Crippen LogP contribution in [0.1, 0.15) is 56.5 Å². The standard InChI is InChI=1S/C19H24ClFN2O2/c1-12-15(18(20)25-23-12)9-10-17(24)22-16(11-19(2,3)4)13-5-7-14(21)8-6-13/h5-8,16H,9-11H2,1-4H3,(H,22,24). The van der Waals surface area contributed by atoms with E-state index in [0.29, 0.717) is 12.1 Å². The molecule has 0 aliphatic heterocycles. The van der Waals surface area contributed by atoms with E-state index in [1.54, 1.807) is 19.1 Å². The van der Waals surface area contributed by atoms with Gasteiger partial charge in [0.1, 0.15) is 5.82 Å². The molecule has 1 aromatic heterocycles. The van der Waals surface area contributed by atoms with Gasteiger partial charge in [-0.3, -0.25) is 4.79 Å². The maximum absolute atomic E-state index is 13.2. The Morgan fingerprint density at radius 3 is 2.48 bits per heavy atom. The van der Waals surface area contributed by atoms with Gasteiger partial charge in [0.2, 0.25) is 11.1 Å². The minimum atomic E-state index is -0.290. The average molecular weight is 367 g/mol. The number of aromatic nitrogens is 1. The van der Waals surface area contributed by atoms with Crippen LogP contribution in [0, 0.1) is 18.2 Å². The van der Waals surface area contributed by atoms with Crippen LogP contribution in [-0.4, -0.2) is 11.1 Å². The monoisotopic (exact) mass is 366 g/mol. The summed E-state index contributed by atoms with van der Waals surface area (Å²) >= 11 is 5.94. The summed E-state index contributed by atoms with van der Waals surface area (Å²) in [5, 5.41) is 7.07. The van der Waals surface area contributed by atoms with Crippen molar-refractivity contribution in [3.05, 3.63) is 52.1 Å². The highest BCUT2D eigenvalue weighted by molar-refractivity contribution is 6.29. The summed E-state index contributed by atoms with van der Waals surface area (Å²) in [7, 11) is 0. The second-order valence-corrected chi connectivity index (χ2v) is 7.80. The van der Waals surface area contributed by atoms with Crippen molar-refractivity contribution in [2.24, 2.45) is 5.41 Å². The molecule has 0 aliphatic carbocycles. The molecule has 2 aromatic rings. The van der Waals surface area contributed by atoms with Crippen LogP contribution >= 0.6 is 11.6 Å². The maximum Gasteiger partial charge on any atom is 0.229 e. The molecule has 0 aliphatic rings. The molecule has 0 saturated heterocycles. The lowest BCUT2D eigenvalue weighted by Crippen LogP contribution is -2.31. The second-order valence-electron chi connectivity index (χ2n) is 7.46. The fourth-order valence-corrected chi connectivity index (χ4v) is 2.97. The SMILES string of the molecule is Cc1noc(Cl)c1CCC(=O)NC(CC(C)(C)C)c1ccc(F)cc1. The first-order chi connectivity index (χ1) is 11.7. The van der Waals surface area contributed by atoms with E-state index in [-0.39, 0.29) is 34.8 Å². The van der Waals surface area contributed by atoms with Crippen molar-refractivity contribution in [3.8, 4) is 0 Å². The van der Waals surface area contributed by atoms with Crippen LogP contribution in [0.2, 0.25) is 5.22 Å². The fourth-order valence-electron chi connectivity index (χ4n) is 2.70. The quantitative estimate of drug-likeness (QED) is 0.782. The Labute approximate surface area is 152 Å². The normalized spacial score (nSPS) is 12.9. The highest BCUT2D eigenvalue weighted by atomic mass is 35.5. The van der Waals surface area contributed by atoms with Crippen LogP contribution in [0.4, 0.5) is 4.39 Å². The van der Waals surface area contributed by atoms with Gasteiger partial charge < -0.3 is 9.84 Å². The molecule has 4 nitrogen and oxygen atoms in total. The zero-order chi connectivity index (χ0) is 18.6. The first-order valence-electron chi connectivity index (χ1n) is 8.31. The number of amides is 1. The van der Waals surface area contributed by atoms with Crippen molar-refractivity contribution in [2.75, 3.05) is 0 Å². The second kappa shape index (κ2) is 8.00. The highest BCUT2D eigenvalue weighted by Crippen LogP contribution is 2.30. The predicted octanol–water partition coefficient (Wildman–Crippen LogP) is 5.00. The summed E-state index contributed by atoms with van der Waals surface area (Å²) in [5.74, 6) is -0.377. The maximum atomic E-state index is 13.2. The third-order valence-corrected chi connectivity index (χ3v) is 4.26. The van der Waals surface area contributed by atoms with E-state index >= 15 is 0 Å². The summed E-state index contributed by atoms with van der Waals surface area (Å²) in [6.45, 7) is 8.12. The third-order valence-electron chi connectivity index (χ3n) is 3.96. The molecule has 0 fully saturated rings. The Hall–Kier alpha value is -1.88. The number of hydrogen-bond acceptors (Lipinski definition) is 3. The van der Waals surface area contributed by atoms with Gasteiger partial charge in [0, 0.05) is 12.0 Å². The fraction of sp³-hybridized carbons (Fsp3) is 0.474. The van der Waals surface area contributed by atoms with Crippen molar-refractivity contribution in [1.29, 1.82) is 0 Å². The van der Waals surface area contributed by atoms with Crippen LogP contribution in [-0.2, 0) is 11.2 Å². The molecule has 1 N–H and O–H groups in total. The molecule has 25 heavy (non-hydrogen) atoms. The smallest absolute Gasteiger partial charge is 0.229 e. The van der Waals surface area contributed by atoms with E-state index in [4.69, 9.17) is 16.1 Å². The van der Waals surface area contributed by atoms with Crippen LogP contribution in [0.3, 0.4) is 0 Å². The van der Waals surface area contributed by atoms with Crippen LogP contribution in [0.25, 0.3) is 0 Å². The summed E-state index contributed by atoms with van der Waals surface area (Å²) in [6.07, 6.45) is 1.49. The van der Waals surface area contributed by atoms with Gasteiger partial charge in [0.05, 0.1) is 11.7 Å². The van der Waals surface area contributed by atoms with Gasteiger partial charge in [-0.25, -0.2) is 4.39 Å². The molecule has 6 heteroatoms. The minimum Gasteiger partial charge on any atom is -0.349 e. The van der Waals surface area contributed by atoms with E-state index in [9.17, 15) is 9.18 Å². The first kappa shape index (κ1) is 19.4. The Morgan fingerprint density at radius 1 is 1.32 bits per heavy atom. The number of nitrogens with one attached hydrogen (secondary N) is 1. The van der Waals surface area contributed by atoms with E-state index in [1.165, 1.54) is 12.1 Å². The number of carbonyl (C=O) groups is 1. The first-order valence-corrected chi connectivity index (χ1v) is 8.69. The Bertz CT molecular complexity index is 701. The lowest BCUT2D eigenvalue weighted by molar-refractivity contribution is -0.122. The molecule has 0 radical (unpaired) electrons. The molecule has 0 saturated carbocycles. The summed E-state index contributed by atoms with van der Waals surface area (Å²) in [4.78, 5) is 12.4. The van der Waals surface area contributed by atoms with Gasteiger partial charge >= 0.3 is 0 Å². The summed E-state index contributed by atoms with van der Waals surface area (Å²) in [6, 6.07) is 6.08. The average Bonchev–Trinajstić information content (AvgIpc) is 2.83.